The van der Waals surface area contributed by atoms with E-state index in [0.29, 0.717) is 24.7 Å². The van der Waals surface area contributed by atoms with Crippen LogP contribution in [0.5, 0.6) is 0 Å². The minimum atomic E-state index is -2.67. The summed E-state index contributed by atoms with van der Waals surface area (Å²) >= 11 is 6.01. The summed E-state index contributed by atoms with van der Waals surface area (Å²) in [5.74, 6) is -3.37. The normalized spacial score (nSPS) is 25.5. The van der Waals surface area contributed by atoms with Crippen molar-refractivity contribution in [2.75, 3.05) is 19.6 Å². The van der Waals surface area contributed by atoms with Gasteiger partial charge in [0.1, 0.15) is 0 Å². The largest absolute Gasteiger partial charge is 0.333 e. The van der Waals surface area contributed by atoms with Gasteiger partial charge in [0.15, 0.2) is 0 Å². The number of hydrogen-bond acceptors (Lipinski definition) is 2. The van der Waals surface area contributed by atoms with Crippen LogP contribution in [0, 0.1) is 5.92 Å². The van der Waals surface area contributed by atoms with Crippen molar-refractivity contribution in [1.82, 2.24) is 10.2 Å². The summed E-state index contributed by atoms with van der Waals surface area (Å²) in [4.78, 5) is 14.2. The van der Waals surface area contributed by atoms with Crippen molar-refractivity contribution in [2.45, 2.75) is 24.8 Å². The van der Waals surface area contributed by atoms with E-state index < -0.39 is 11.8 Å². The van der Waals surface area contributed by atoms with Crippen molar-refractivity contribution < 1.29 is 13.6 Å². The lowest BCUT2D eigenvalue weighted by atomic mass is 9.80. The van der Waals surface area contributed by atoms with E-state index in [1.807, 2.05) is 18.2 Å². The molecule has 114 valence electrons. The average molecular weight is 315 g/mol. The number of carbonyl (C=O) groups is 1. The van der Waals surface area contributed by atoms with E-state index in [1.54, 1.807) is 11.0 Å². The summed E-state index contributed by atoms with van der Waals surface area (Å²) in [5, 5.41) is 3.86. The molecule has 0 bridgehead atoms. The van der Waals surface area contributed by atoms with Crippen LogP contribution in [0.25, 0.3) is 0 Å². The van der Waals surface area contributed by atoms with Crippen molar-refractivity contribution in [3.8, 4) is 0 Å². The number of carbonyl (C=O) groups excluding carboxylic acids is 1. The van der Waals surface area contributed by atoms with Crippen LogP contribution in [-0.4, -0.2) is 36.4 Å². The van der Waals surface area contributed by atoms with Gasteiger partial charge < -0.3 is 10.2 Å². The number of nitrogens with zero attached hydrogens (tertiary/aromatic N) is 1. The first-order valence-electron chi connectivity index (χ1n) is 7.11. The molecule has 1 amide bonds. The third-order valence-electron chi connectivity index (χ3n) is 4.20. The zero-order valence-electron chi connectivity index (χ0n) is 11.5. The molecule has 21 heavy (non-hydrogen) atoms. The Bertz CT molecular complexity index is 544. The third-order valence-corrected chi connectivity index (χ3v) is 4.43. The van der Waals surface area contributed by atoms with Crippen LogP contribution in [-0.2, 0) is 4.79 Å². The number of hydrogen-bond donors (Lipinski definition) is 1. The van der Waals surface area contributed by atoms with Gasteiger partial charge in [-0.2, -0.15) is 0 Å². The minimum absolute atomic E-state index is 0.140. The molecule has 1 aromatic rings. The maximum Gasteiger partial charge on any atom is 0.249 e. The predicted molar refractivity (Wildman–Crippen MR) is 76.4 cm³/mol. The SMILES string of the molecule is O=C(C1CC(F)(F)C1)N1CCNCC1c1cccc(Cl)c1. The number of benzene rings is 1. The molecule has 1 N–H and O–H groups in total. The molecule has 2 aliphatic rings. The Kier molecular flexibility index (Phi) is 3.88. The van der Waals surface area contributed by atoms with E-state index in [1.165, 1.54) is 0 Å². The number of piperazine rings is 1. The summed E-state index contributed by atoms with van der Waals surface area (Å²) in [5.41, 5.74) is 0.939. The summed E-state index contributed by atoms with van der Waals surface area (Å²) in [6, 6.07) is 7.22. The predicted octanol–water partition coefficient (Wildman–Crippen LogP) is 2.86. The maximum atomic E-state index is 13.0. The van der Waals surface area contributed by atoms with Gasteiger partial charge >= 0.3 is 0 Å². The zero-order chi connectivity index (χ0) is 15.0. The van der Waals surface area contributed by atoms with Crippen LogP contribution in [0.15, 0.2) is 24.3 Å². The second-order valence-corrected chi connectivity index (χ2v) is 6.20. The lowest BCUT2D eigenvalue weighted by Gasteiger charge is -2.42. The van der Waals surface area contributed by atoms with Crippen LogP contribution < -0.4 is 5.32 Å². The third kappa shape index (κ3) is 3.04. The molecule has 1 atom stereocenters. The van der Waals surface area contributed by atoms with Gasteiger partial charge in [0.25, 0.3) is 0 Å². The van der Waals surface area contributed by atoms with E-state index in [4.69, 9.17) is 11.6 Å². The topological polar surface area (TPSA) is 32.3 Å². The zero-order valence-corrected chi connectivity index (χ0v) is 12.2. The number of alkyl halides is 2. The quantitative estimate of drug-likeness (QED) is 0.910. The molecule has 0 aromatic heterocycles. The highest BCUT2D eigenvalue weighted by molar-refractivity contribution is 6.30. The van der Waals surface area contributed by atoms with Crippen LogP contribution >= 0.6 is 11.6 Å². The maximum absolute atomic E-state index is 13.0. The van der Waals surface area contributed by atoms with Gasteiger partial charge in [-0.3, -0.25) is 4.79 Å². The lowest BCUT2D eigenvalue weighted by Crippen LogP contribution is -2.53. The van der Waals surface area contributed by atoms with Crippen LogP contribution in [0.1, 0.15) is 24.4 Å². The van der Waals surface area contributed by atoms with Gasteiger partial charge in [-0.1, -0.05) is 23.7 Å². The highest BCUT2D eigenvalue weighted by Gasteiger charge is 2.50. The van der Waals surface area contributed by atoms with E-state index in [0.717, 1.165) is 5.56 Å². The summed E-state index contributed by atoms with van der Waals surface area (Å²) in [6.07, 6.45) is -0.643. The fourth-order valence-corrected chi connectivity index (χ4v) is 3.25. The van der Waals surface area contributed by atoms with Gasteiger partial charge in [-0.05, 0) is 17.7 Å². The molecule has 6 heteroatoms. The van der Waals surface area contributed by atoms with Crippen molar-refractivity contribution >= 4 is 17.5 Å². The second kappa shape index (κ2) is 5.54. The molecule has 1 unspecified atom stereocenters. The molecule has 0 radical (unpaired) electrons. The molecule has 1 saturated carbocycles. The number of amides is 1. The Balaban J connectivity index is 1.77. The smallest absolute Gasteiger partial charge is 0.249 e. The number of halogens is 3. The van der Waals surface area contributed by atoms with Crippen molar-refractivity contribution in [3.63, 3.8) is 0 Å². The van der Waals surface area contributed by atoms with Crippen molar-refractivity contribution in [2.24, 2.45) is 5.92 Å². The molecule has 1 aromatic carbocycles. The van der Waals surface area contributed by atoms with Gasteiger partial charge in [-0.25, -0.2) is 8.78 Å². The number of nitrogens with one attached hydrogen (secondary N) is 1. The second-order valence-electron chi connectivity index (χ2n) is 5.77. The highest BCUT2D eigenvalue weighted by atomic mass is 35.5. The molecule has 0 spiro atoms. The molecule has 3 nitrogen and oxygen atoms in total. The summed E-state index contributed by atoms with van der Waals surface area (Å²) in [6.45, 7) is 1.85. The van der Waals surface area contributed by atoms with Crippen LogP contribution in [0.2, 0.25) is 5.02 Å². The average Bonchev–Trinajstić information content (AvgIpc) is 2.44. The molecule has 1 saturated heterocycles. The van der Waals surface area contributed by atoms with Gasteiger partial charge in [0, 0.05) is 43.4 Å². The minimum Gasteiger partial charge on any atom is -0.333 e. The first-order valence-corrected chi connectivity index (χ1v) is 7.48. The molecular formula is C15H17ClF2N2O. The Labute approximate surface area is 127 Å². The Morgan fingerprint density at radius 3 is 2.81 bits per heavy atom. The molecule has 2 fully saturated rings. The van der Waals surface area contributed by atoms with E-state index >= 15 is 0 Å². The van der Waals surface area contributed by atoms with Gasteiger partial charge in [0.2, 0.25) is 11.8 Å². The molecule has 1 aliphatic heterocycles. The fraction of sp³-hybridized carbons (Fsp3) is 0.533. The van der Waals surface area contributed by atoms with E-state index in [-0.39, 0.29) is 24.8 Å². The number of rotatable bonds is 2. The van der Waals surface area contributed by atoms with Crippen molar-refractivity contribution in [1.29, 1.82) is 0 Å². The Morgan fingerprint density at radius 2 is 2.14 bits per heavy atom. The monoisotopic (exact) mass is 314 g/mol. The molecular weight excluding hydrogens is 298 g/mol. The van der Waals surface area contributed by atoms with Crippen LogP contribution in [0.4, 0.5) is 8.78 Å². The Hall–Kier alpha value is -1.20. The Morgan fingerprint density at radius 1 is 1.38 bits per heavy atom. The molecule has 1 aliphatic carbocycles. The lowest BCUT2D eigenvalue weighted by molar-refractivity contribution is -0.162. The van der Waals surface area contributed by atoms with E-state index in [2.05, 4.69) is 5.32 Å². The first-order chi connectivity index (χ1) is 9.96. The standard InChI is InChI=1S/C15H17ClF2N2O/c16-12-3-1-2-10(6-12)13-9-19-4-5-20(13)14(21)11-7-15(17,18)8-11/h1-3,6,11,13,19H,4-5,7-9H2. The van der Waals surface area contributed by atoms with Gasteiger partial charge in [-0.15, -0.1) is 0 Å². The fourth-order valence-electron chi connectivity index (χ4n) is 3.05. The molecule has 1 heterocycles. The van der Waals surface area contributed by atoms with Crippen molar-refractivity contribution in [3.05, 3.63) is 34.9 Å². The summed E-state index contributed by atoms with van der Waals surface area (Å²) in [7, 11) is 0. The highest BCUT2D eigenvalue weighted by Crippen LogP contribution is 2.44. The summed E-state index contributed by atoms with van der Waals surface area (Å²) < 4.78 is 26.0. The van der Waals surface area contributed by atoms with Gasteiger partial charge in [0.05, 0.1) is 6.04 Å². The first kappa shape index (κ1) is 14.7. The van der Waals surface area contributed by atoms with Crippen LogP contribution in [0.3, 0.4) is 0 Å². The van der Waals surface area contributed by atoms with E-state index in [9.17, 15) is 13.6 Å². The molecule has 3 rings (SSSR count).